The molecule has 0 aromatic heterocycles. The SMILES string of the molecule is CC(NC(=O)c1ccc(F)c(NS(C)(=O)=O)c1)c1ccccc1. The lowest BCUT2D eigenvalue weighted by Crippen LogP contribution is -2.26. The van der Waals surface area contributed by atoms with E-state index in [-0.39, 0.29) is 17.3 Å². The summed E-state index contributed by atoms with van der Waals surface area (Å²) >= 11 is 0. The molecule has 2 N–H and O–H groups in total. The number of nitrogens with one attached hydrogen (secondary N) is 2. The molecule has 0 fully saturated rings. The Bertz CT molecular complexity index is 807. The quantitative estimate of drug-likeness (QED) is 0.881. The van der Waals surface area contributed by atoms with E-state index >= 15 is 0 Å². The summed E-state index contributed by atoms with van der Waals surface area (Å²) in [7, 11) is -3.63. The summed E-state index contributed by atoms with van der Waals surface area (Å²) in [4.78, 5) is 12.2. The number of sulfonamides is 1. The first-order valence-corrected chi connectivity index (χ1v) is 8.78. The molecule has 1 amide bonds. The van der Waals surface area contributed by atoms with Crippen LogP contribution in [0, 0.1) is 5.82 Å². The van der Waals surface area contributed by atoms with E-state index in [1.807, 2.05) is 42.0 Å². The van der Waals surface area contributed by atoms with Crippen LogP contribution in [0.2, 0.25) is 0 Å². The van der Waals surface area contributed by atoms with Gasteiger partial charge in [0.05, 0.1) is 18.0 Å². The van der Waals surface area contributed by atoms with Gasteiger partial charge in [0, 0.05) is 5.56 Å². The van der Waals surface area contributed by atoms with Gasteiger partial charge in [0.25, 0.3) is 5.91 Å². The van der Waals surface area contributed by atoms with Crippen molar-refractivity contribution in [3.05, 3.63) is 65.5 Å². The second-order valence-electron chi connectivity index (χ2n) is 5.17. The predicted molar refractivity (Wildman–Crippen MR) is 87.2 cm³/mol. The lowest BCUT2D eigenvalue weighted by molar-refractivity contribution is 0.0940. The van der Waals surface area contributed by atoms with Gasteiger partial charge in [0.15, 0.2) is 0 Å². The molecule has 1 unspecified atom stereocenters. The maximum Gasteiger partial charge on any atom is 0.251 e. The van der Waals surface area contributed by atoms with Crippen LogP contribution in [0.3, 0.4) is 0 Å². The van der Waals surface area contributed by atoms with Crippen LogP contribution in [0.15, 0.2) is 48.5 Å². The molecule has 2 aromatic carbocycles. The number of carbonyl (C=O) groups excluding carboxylic acids is 1. The fraction of sp³-hybridized carbons (Fsp3) is 0.188. The molecule has 122 valence electrons. The van der Waals surface area contributed by atoms with Crippen molar-refractivity contribution in [3.8, 4) is 0 Å². The van der Waals surface area contributed by atoms with E-state index in [0.717, 1.165) is 17.9 Å². The molecule has 2 aromatic rings. The molecule has 5 nitrogen and oxygen atoms in total. The fourth-order valence-electron chi connectivity index (χ4n) is 2.05. The van der Waals surface area contributed by atoms with E-state index < -0.39 is 21.7 Å². The van der Waals surface area contributed by atoms with Gasteiger partial charge in [-0.25, -0.2) is 12.8 Å². The third kappa shape index (κ3) is 4.79. The molecule has 0 saturated carbocycles. The van der Waals surface area contributed by atoms with Crippen molar-refractivity contribution in [2.75, 3.05) is 11.0 Å². The summed E-state index contributed by atoms with van der Waals surface area (Å²) in [5.74, 6) is -1.17. The van der Waals surface area contributed by atoms with Gasteiger partial charge in [0.1, 0.15) is 5.82 Å². The lowest BCUT2D eigenvalue weighted by atomic mass is 10.1. The van der Waals surface area contributed by atoms with Crippen LogP contribution in [0.5, 0.6) is 0 Å². The molecular formula is C16H17FN2O3S. The number of hydrogen-bond donors (Lipinski definition) is 2. The Hall–Kier alpha value is -2.41. The Morgan fingerprint density at radius 2 is 1.78 bits per heavy atom. The van der Waals surface area contributed by atoms with E-state index in [1.165, 1.54) is 12.1 Å². The second kappa shape index (κ2) is 6.78. The summed E-state index contributed by atoms with van der Waals surface area (Å²) in [6, 6.07) is 12.7. The minimum Gasteiger partial charge on any atom is -0.346 e. The van der Waals surface area contributed by atoms with E-state index in [2.05, 4.69) is 5.32 Å². The van der Waals surface area contributed by atoms with Crippen molar-refractivity contribution in [1.82, 2.24) is 5.32 Å². The molecule has 0 aliphatic heterocycles. The molecule has 0 aliphatic carbocycles. The second-order valence-corrected chi connectivity index (χ2v) is 6.92. The van der Waals surface area contributed by atoms with E-state index in [0.29, 0.717) is 0 Å². The van der Waals surface area contributed by atoms with Crippen LogP contribution in [0.25, 0.3) is 0 Å². The average molecular weight is 336 g/mol. The first kappa shape index (κ1) is 17.0. The number of halogens is 1. The van der Waals surface area contributed by atoms with Crippen LogP contribution in [0.1, 0.15) is 28.9 Å². The molecule has 0 bridgehead atoms. The number of benzene rings is 2. The van der Waals surface area contributed by atoms with Gasteiger partial charge in [-0.05, 0) is 30.7 Å². The van der Waals surface area contributed by atoms with Gasteiger partial charge in [-0.3, -0.25) is 9.52 Å². The molecule has 1 atom stereocenters. The van der Waals surface area contributed by atoms with Gasteiger partial charge in [-0.15, -0.1) is 0 Å². The molecule has 0 saturated heterocycles. The molecule has 7 heteroatoms. The fourth-order valence-corrected chi connectivity index (χ4v) is 2.61. The van der Waals surface area contributed by atoms with Crippen LogP contribution < -0.4 is 10.0 Å². The maximum atomic E-state index is 13.6. The first-order chi connectivity index (χ1) is 10.8. The summed E-state index contributed by atoms with van der Waals surface area (Å²) < 4.78 is 38.1. The Morgan fingerprint density at radius 1 is 1.13 bits per heavy atom. The molecule has 2 rings (SSSR count). The molecule has 0 radical (unpaired) electrons. The Labute approximate surface area is 134 Å². The Morgan fingerprint density at radius 3 is 2.39 bits per heavy atom. The monoisotopic (exact) mass is 336 g/mol. The molecule has 23 heavy (non-hydrogen) atoms. The smallest absolute Gasteiger partial charge is 0.251 e. The number of carbonyl (C=O) groups is 1. The number of amides is 1. The molecule has 0 spiro atoms. The van der Waals surface area contributed by atoms with Crippen molar-refractivity contribution < 1.29 is 17.6 Å². The highest BCUT2D eigenvalue weighted by atomic mass is 32.2. The zero-order valence-electron chi connectivity index (χ0n) is 12.7. The molecular weight excluding hydrogens is 319 g/mol. The minimum absolute atomic E-state index is 0.167. The van der Waals surface area contributed by atoms with Gasteiger partial charge >= 0.3 is 0 Å². The van der Waals surface area contributed by atoms with Crippen molar-refractivity contribution in [2.24, 2.45) is 0 Å². The number of hydrogen-bond acceptors (Lipinski definition) is 3. The summed E-state index contributed by atoms with van der Waals surface area (Å²) in [6.07, 6.45) is 0.913. The standard InChI is InChI=1S/C16H17FN2O3S/c1-11(12-6-4-3-5-7-12)18-16(20)13-8-9-14(17)15(10-13)19-23(2,21)22/h3-11,19H,1-2H3,(H,18,20). The summed E-state index contributed by atoms with van der Waals surface area (Å²) in [5, 5.41) is 2.78. The van der Waals surface area contributed by atoms with Crippen molar-refractivity contribution >= 4 is 21.6 Å². The van der Waals surface area contributed by atoms with Crippen molar-refractivity contribution in [2.45, 2.75) is 13.0 Å². The highest BCUT2D eigenvalue weighted by molar-refractivity contribution is 7.92. The molecule has 0 aliphatic rings. The topological polar surface area (TPSA) is 75.3 Å². The van der Waals surface area contributed by atoms with Gasteiger partial charge in [0.2, 0.25) is 10.0 Å². The van der Waals surface area contributed by atoms with Gasteiger partial charge in [-0.1, -0.05) is 30.3 Å². The maximum absolute atomic E-state index is 13.6. The predicted octanol–water partition coefficient (Wildman–Crippen LogP) is 2.69. The largest absolute Gasteiger partial charge is 0.346 e. The zero-order valence-corrected chi connectivity index (χ0v) is 13.5. The number of rotatable bonds is 5. The van der Waals surface area contributed by atoms with Crippen LogP contribution in [-0.2, 0) is 10.0 Å². The average Bonchev–Trinajstić information content (AvgIpc) is 2.49. The first-order valence-electron chi connectivity index (χ1n) is 6.89. The normalized spacial score (nSPS) is 12.5. The lowest BCUT2D eigenvalue weighted by Gasteiger charge is -2.15. The minimum atomic E-state index is -3.63. The van der Waals surface area contributed by atoms with E-state index in [4.69, 9.17) is 0 Å². The number of anilines is 1. The summed E-state index contributed by atoms with van der Waals surface area (Å²) in [6.45, 7) is 1.83. The highest BCUT2D eigenvalue weighted by Gasteiger charge is 2.15. The summed E-state index contributed by atoms with van der Waals surface area (Å²) in [5.41, 5.74) is 0.838. The van der Waals surface area contributed by atoms with Crippen LogP contribution >= 0.6 is 0 Å². The van der Waals surface area contributed by atoms with Crippen LogP contribution in [-0.4, -0.2) is 20.6 Å². The van der Waals surface area contributed by atoms with Gasteiger partial charge in [-0.2, -0.15) is 0 Å². The molecule has 0 heterocycles. The Balaban J connectivity index is 2.18. The highest BCUT2D eigenvalue weighted by Crippen LogP contribution is 2.18. The van der Waals surface area contributed by atoms with E-state index in [9.17, 15) is 17.6 Å². The third-order valence-electron chi connectivity index (χ3n) is 3.17. The zero-order chi connectivity index (χ0) is 17.0. The van der Waals surface area contributed by atoms with Crippen molar-refractivity contribution in [3.63, 3.8) is 0 Å². The Kier molecular flexibility index (Phi) is 5.00. The van der Waals surface area contributed by atoms with Gasteiger partial charge < -0.3 is 5.32 Å². The van der Waals surface area contributed by atoms with Crippen LogP contribution in [0.4, 0.5) is 10.1 Å². The third-order valence-corrected chi connectivity index (χ3v) is 3.76. The van der Waals surface area contributed by atoms with E-state index in [1.54, 1.807) is 0 Å². The van der Waals surface area contributed by atoms with Crippen molar-refractivity contribution in [1.29, 1.82) is 0 Å².